The van der Waals surface area contributed by atoms with Gasteiger partial charge in [0.25, 0.3) is 10.1 Å². The quantitative estimate of drug-likeness (QED) is 0.583. The van der Waals surface area contributed by atoms with E-state index in [1.807, 2.05) is 12.2 Å². The Morgan fingerprint density at radius 1 is 1.07 bits per heavy atom. The summed E-state index contributed by atoms with van der Waals surface area (Å²) in [5.74, 6) is 0. The molecule has 4 heteroatoms. The zero-order chi connectivity index (χ0) is 10.7. The SMILES string of the molecule is O=S(=O)(OC1CC=CC1)c1ccccc1. The van der Waals surface area contributed by atoms with E-state index >= 15 is 0 Å². The van der Waals surface area contributed by atoms with Gasteiger partial charge in [-0.1, -0.05) is 30.4 Å². The summed E-state index contributed by atoms with van der Waals surface area (Å²) in [4.78, 5) is 0.219. The molecule has 0 fully saturated rings. The molecule has 0 radical (unpaired) electrons. The summed E-state index contributed by atoms with van der Waals surface area (Å²) in [7, 11) is -3.58. The highest BCUT2D eigenvalue weighted by molar-refractivity contribution is 7.86. The summed E-state index contributed by atoms with van der Waals surface area (Å²) in [6, 6.07) is 8.22. The van der Waals surface area contributed by atoms with Crippen LogP contribution in [0.4, 0.5) is 0 Å². The van der Waals surface area contributed by atoms with E-state index in [1.54, 1.807) is 18.2 Å². The number of hydrogen-bond donors (Lipinski definition) is 0. The van der Waals surface area contributed by atoms with Crippen LogP contribution >= 0.6 is 0 Å². The van der Waals surface area contributed by atoms with E-state index in [4.69, 9.17) is 4.18 Å². The first-order valence-electron chi connectivity index (χ1n) is 4.82. The molecule has 0 spiro atoms. The normalized spacial score (nSPS) is 17.1. The van der Waals surface area contributed by atoms with Crippen LogP contribution in [0, 0.1) is 0 Å². The fourth-order valence-electron chi connectivity index (χ4n) is 1.49. The van der Waals surface area contributed by atoms with Crippen LogP contribution in [-0.2, 0) is 14.3 Å². The molecule has 0 bridgehead atoms. The predicted molar refractivity (Wildman–Crippen MR) is 56.9 cm³/mol. The van der Waals surface area contributed by atoms with Crippen molar-refractivity contribution in [3.8, 4) is 0 Å². The maximum absolute atomic E-state index is 11.7. The van der Waals surface area contributed by atoms with Gasteiger partial charge in [0, 0.05) is 0 Å². The monoisotopic (exact) mass is 224 g/mol. The third-order valence-electron chi connectivity index (χ3n) is 2.26. The largest absolute Gasteiger partial charge is 0.297 e. The van der Waals surface area contributed by atoms with Crippen molar-refractivity contribution in [2.45, 2.75) is 23.8 Å². The molecule has 0 amide bonds. The number of hydrogen-bond acceptors (Lipinski definition) is 3. The Balaban J connectivity index is 2.14. The number of benzene rings is 1. The van der Waals surface area contributed by atoms with Crippen LogP contribution in [0.25, 0.3) is 0 Å². The van der Waals surface area contributed by atoms with Gasteiger partial charge in [0.2, 0.25) is 0 Å². The van der Waals surface area contributed by atoms with Gasteiger partial charge in [0.1, 0.15) is 0 Å². The molecular formula is C11H12O3S. The molecule has 1 aliphatic carbocycles. The van der Waals surface area contributed by atoms with E-state index in [0.29, 0.717) is 12.8 Å². The fourth-order valence-corrected chi connectivity index (χ4v) is 2.61. The van der Waals surface area contributed by atoms with Crippen LogP contribution in [-0.4, -0.2) is 14.5 Å². The first-order valence-corrected chi connectivity index (χ1v) is 6.23. The van der Waals surface area contributed by atoms with Gasteiger partial charge < -0.3 is 0 Å². The molecular weight excluding hydrogens is 212 g/mol. The second-order valence-electron chi connectivity index (χ2n) is 3.43. The fraction of sp³-hybridized carbons (Fsp3) is 0.273. The lowest BCUT2D eigenvalue weighted by atomic mass is 10.3. The van der Waals surface area contributed by atoms with E-state index < -0.39 is 10.1 Å². The second kappa shape index (κ2) is 4.16. The van der Waals surface area contributed by atoms with Crippen LogP contribution in [0.15, 0.2) is 47.4 Å². The molecule has 80 valence electrons. The van der Waals surface area contributed by atoms with Gasteiger partial charge in [-0.2, -0.15) is 8.42 Å². The molecule has 0 saturated heterocycles. The van der Waals surface area contributed by atoms with Crippen molar-refractivity contribution < 1.29 is 12.6 Å². The van der Waals surface area contributed by atoms with Crippen molar-refractivity contribution in [3.63, 3.8) is 0 Å². The van der Waals surface area contributed by atoms with Crippen LogP contribution < -0.4 is 0 Å². The maximum atomic E-state index is 11.7. The highest BCUT2D eigenvalue weighted by atomic mass is 32.2. The molecule has 1 aromatic carbocycles. The van der Waals surface area contributed by atoms with Crippen LogP contribution in [0.1, 0.15) is 12.8 Å². The third-order valence-corrected chi connectivity index (χ3v) is 3.63. The maximum Gasteiger partial charge on any atom is 0.297 e. The van der Waals surface area contributed by atoms with E-state index in [9.17, 15) is 8.42 Å². The summed E-state index contributed by atoms with van der Waals surface area (Å²) in [6.45, 7) is 0. The summed E-state index contributed by atoms with van der Waals surface area (Å²) < 4.78 is 28.6. The summed E-state index contributed by atoms with van der Waals surface area (Å²) in [5.41, 5.74) is 0. The molecule has 0 saturated carbocycles. The molecule has 1 aromatic rings. The van der Waals surface area contributed by atoms with Crippen molar-refractivity contribution in [3.05, 3.63) is 42.5 Å². The topological polar surface area (TPSA) is 43.4 Å². The van der Waals surface area contributed by atoms with Gasteiger partial charge >= 0.3 is 0 Å². The van der Waals surface area contributed by atoms with E-state index in [1.165, 1.54) is 12.1 Å². The molecule has 1 aliphatic rings. The predicted octanol–water partition coefficient (Wildman–Crippen LogP) is 2.11. The number of rotatable bonds is 3. The second-order valence-corrected chi connectivity index (χ2v) is 5.00. The van der Waals surface area contributed by atoms with Crippen LogP contribution in [0.5, 0.6) is 0 Å². The zero-order valence-electron chi connectivity index (χ0n) is 8.17. The van der Waals surface area contributed by atoms with Gasteiger partial charge in [0.15, 0.2) is 0 Å². The molecule has 15 heavy (non-hydrogen) atoms. The lowest BCUT2D eigenvalue weighted by Gasteiger charge is -2.10. The van der Waals surface area contributed by atoms with Crippen molar-refractivity contribution in [1.82, 2.24) is 0 Å². The van der Waals surface area contributed by atoms with Gasteiger partial charge in [-0.3, -0.25) is 4.18 Å². The van der Waals surface area contributed by atoms with Crippen LogP contribution in [0.3, 0.4) is 0 Å². The molecule has 0 aliphatic heterocycles. The van der Waals surface area contributed by atoms with Gasteiger partial charge in [-0.15, -0.1) is 0 Å². The lowest BCUT2D eigenvalue weighted by Crippen LogP contribution is -2.15. The Kier molecular flexibility index (Phi) is 2.88. The Bertz CT molecular complexity index is 440. The van der Waals surface area contributed by atoms with E-state index in [2.05, 4.69) is 0 Å². The van der Waals surface area contributed by atoms with Crippen molar-refractivity contribution in [2.24, 2.45) is 0 Å². The highest BCUT2D eigenvalue weighted by Gasteiger charge is 2.21. The Morgan fingerprint density at radius 3 is 2.27 bits per heavy atom. The molecule has 0 atom stereocenters. The Morgan fingerprint density at radius 2 is 1.67 bits per heavy atom. The standard InChI is InChI=1S/C11H12O3S/c12-15(13,11-8-2-1-3-9-11)14-10-6-4-5-7-10/h1-5,8-10H,6-7H2. The minimum absolute atomic E-state index is 0.219. The smallest absolute Gasteiger partial charge is 0.262 e. The molecule has 2 rings (SSSR count). The van der Waals surface area contributed by atoms with Crippen LogP contribution in [0.2, 0.25) is 0 Å². The van der Waals surface area contributed by atoms with Crippen molar-refractivity contribution >= 4 is 10.1 Å². The first-order chi connectivity index (χ1) is 7.18. The Labute approximate surface area is 89.5 Å². The van der Waals surface area contributed by atoms with Crippen molar-refractivity contribution in [2.75, 3.05) is 0 Å². The van der Waals surface area contributed by atoms with Crippen molar-refractivity contribution in [1.29, 1.82) is 0 Å². The Hall–Kier alpha value is -1.13. The third kappa shape index (κ3) is 2.46. The van der Waals surface area contributed by atoms with Gasteiger partial charge in [-0.25, -0.2) is 0 Å². The lowest BCUT2D eigenvalue weighted by molar-refractivity contribution is 0.224. The molecule has 0 aromatic heterocycles. The zero-order valence-corrected chi connectivity index (χ0v) is 8.98. The van der Waals surface area contributed by atoms with Gasteiger partial charge in [-0.05, 0) is 25.0 Å². The highest BCUT2D eigenvalue weighted by Crippen LogP contribution is 2.20. The molecule has 0 N–H and O–H groups in total. The van der Waals surface area contributed by atoms with E-state index in [-0.39, 0.29) is 11.0 Å². The molecule has 3 nitrogen and oxygen atoms in total. The summed E-state index contributed by atoms with van der Waals surface area (Å²) in [5, 5.41) is 0. The summed E-state index contributed by atoms with van der Waals surface area (Å²) >= 11 is 0. The molecule has 0 unspecified atom stereocenters. The first kappa shape index (κ1) is 10.4. The van der Waals surface area contributed by atoms with E-state index in [0.717, 1.165) is 0 Å². The molecule has 0 heterocycles. The van der Waals surface area contributed by atoms with Gasteiger partial charge in [0.05, 0.1) is 11.0 Å². The average Bonchev–Trinajstić information content (AvgIpc) is 2.71. The minimum Gasteiger partial charge on any atom is -0.262 e. The average molecular weight is 224 g/mol. The minimum atomic E-state index is -3.58. The summed E-state index contributed by atoms with van der Waals surface area (Å²) in [6.07, 6.45) is 4.99.